The van der Waals surface area contributed by atoms with Gasteiger partial charge in [-0.2, -0.15) is 0 Å². The van der Waals surface area contributed by atoms with Gasteiger partial charge in [0, 0.05) is 16.6 Å². The summed E-state index contributed by atoms with van der Waals surface area (Å²) in [6, 6.07) is 12.1. The number of benzene rings is 2. The minimum Gasteiger partial charge on any atom is -0.504 e. The maximum absolute atomic E-state index is 10.1. The predicted octanol–water partition coefficient (Wildman–Crippen LogP) is 3.39. The van der Waals surface area contributed by atoms with Crippen molar-refractivity contribution in [3.63, 3.8) is 0 Å². The molecular weight excluding hydrogens is 334 g/mol. The van der Waals surface area contributed by atoms with Crippen molar-refractivity contribution < 1.29 is 15.3 Å². The highest BCUT2D eigenvalue weighted by Crippen LogP contribution is 2.41. The monoisotopic (exact) mass is 349 g/mol. The largest absolute Gasteiger partial charge is 0.504 e. The summed E-state index contributed by atoms with van der Waals surface area (Å²) in [5.41, 5.74) is 1.40. The zero-order valence-corrected chi connectivity index (χ0v) is 12.8. The van der Waals surface area contributed by atoms with Gasteiger partial charge in [0.1, 0.15) is 0 Å². The van der Waals surface area contributed by atoms with E-state index in [2.05, 4.69) is 27.8 Å². The Bertz CT molecular complexity index is 643. The summed E-state index contributed by atoms with van der Waals surface area (Å²) >= 11 is 3.28. The first-order chi connectivity index (χ1) is 10.0. The molecule has 0 radical (unpaired) electrons. The molecule has 0 heterocycles. The molecular formula is C16H16BrNO3. The lowest BCUT2D eigenvalue weighted by Crippen LogP contribution is -2.23. The van der Waals surface area contributed by atoms with E-state index in [0.717, 1.165) is 10.0 Å². The van der Waals surface area contributed by atoms with Gasteiger partial charge in [0.25, 0.3) is 0 Å². The highest BCUT2D eigenvalue weighted by molar-refractivity contribution is 9.11. The van der Waals surface area contributed by atoms with Crippen LogP contribution in [0.2, 0.25) is 0 Å². The van der Waals surface area contributed by atoms with Crippen LogP contribution in [0.5, 0.6) is 17.2 Å². The number of halogens is 1. The van der Waals surface area contributed by atoms with Crippen molar-refractivity contribution in [1.29, 1.82) is 0 Å². The normalized spacial score (nSPS) is 12.0. The first-order valence-corrected chi connectivity index (χ1v) is 7.15. The van der Waals surface area contributed by atoms with Gasteiger partial charge in [0.15, 0.2) is 11.5 Å². The zero-order chi connectivity index (χ0) is 15.4. The van der Waals surface area contributed by atoms with Gasteiger partial charge in [-0.05, 0) is 17.7 Å². The predicted molar refractivity (Wildman–Crippen MR) is 85.8 cm³/mol. The minimum atomic E-state index is -0.520. The molecule has 21 heavy (non-hydrogen) atoms. The third-order valence-electron chi connectivity index (χ3n) is 3.10. The molecule has 0 spiro atoms. The summed E-state index contributed by atoms with van der Waals surface area (Å²) in [4.78, 5) is 0. The van der Waals surface area contributed by atoms with E-state index in [1.165, 1.54) is 6.07 Å². The molecule has 0 aliphatic heterocycles. The first-order valence-electron chi connectivity index (χ1n) is 6.36. The van der Waals surface area contributed by atoms with Crippen LogP contribution in [0.4, 0.5) is 0 Å². The number of hydrogen-bond donors (Lipinski definition) is 4. The molecule has 0 bridgehead atoms. The fourth-order valence-electron chi connectivity index (χ4n) is 2.08. The van der Waals surface area contributed by atoms with Crippen molar-refractivity contribution in [3.8, 4) is 17.2 Å². The highest BCUT2D eigenvalue weighted by Gasteiger charge is 2.20. The number of nitrogens with one attached hydrogen (secondary N) is 1. The molecule has 0 aromatic heterocycles. The maximum Gasteiger partial charge on any atom is 0.200 e. The van der Waals surface area contributed by atoms with E-state index in [-0.39, 0.29) is 17.5 Å². The molecule has 0 amide bonds. The average molecular weight is 350 g/mol. The Morgan fingerprint density at radius 3 is 2.33 bits per heavy atom. The van der Waals surface area contributed by atoms with Gasteiger partial charge in [0.2, 0.25) is 5.75 Å². The van der Waals surface area contributed by atoms with E-state index in [1.54, 1.807) is 6.07 Å². The summed E-state index contributed by atoms with van der Waals surface area (Å²) in [5, 5.41) is 32.5. The van der Waals surface area contributed by atoms with E-state index >= 15 is 0 Å². The summed E-state index contributed by atoms with van der Waals surface area (Å²) in [7, 11) is 0. The Labute approximate surface area is 131 Å². The van der Waals surface area contributed by atoms with Gasteiger partial charge in [-0.15, -0.1) is 0 Å². The third-order valence-corrected chi connectivity index (χ3v) is 3.38. The number of hydrogen-bond acceptors (Lipinski definition) is 4. The van der Waals surface area contributed by atoms with Gasteiger partial charge in [0.05, 0.1) is 6.04 Å². The SMILES string of the molecule is C=C(Br)CNC(c1ccccc1)c1ccc(O)c(O)c1O. The summed E-state index contributed by atoms with van der Waals surface area (Å²) in [6.07, 6.45) is 0. The van der Waals surface area contributed by atoms with Crippen LogP contribution in [-0.4, -0.2) is 21.9 Å². The van der Waals surface area contributed by atoms with Crippen molar-refractivity contribution >= 4 is 15.9 Å². The van der Waals surface area contributed by atoms with E-state index in [9.17, 15) is 15.3 Å². The second-order valence-electron chi connectivity index (χ2n) is 4.61. The summed E-state index contributed by atoms with van der Waals surface area (Å²) in [6.45, 7) is 4.26. The Morgan fingerprint density at radius 2 is 1.71 bits per heavy atom. The fraction of sp³-hybridized carbons (Fsp3) is 0.125. The van der Waals surface area contributed by atoms with Crippen LogP contribution < -0.4 is 5.32 Å². The molecule has 2 aromatic carbocycles. The second kappa shape index (κ2) is 6.65. The lowest BCUT2D eigenvalue weighted by atomic mass is 9.97. The molecule has 0 aliphatic carbocycles. The minimum absolute atomic E-state index is 0.337. The molecule has 2 rings (SSSR count). The van der Waals surface area contributed by atoms with Crippen LogP contribution in [0.15, 0.2) is 53.5 Å². The lowest BCUT2D eigenvalue weighted by molar-refractivity contribution is 0.362. The van der Waals surface area contributed by atoms with Gasteiger partial charge >= 0.3 is 0 Å². The lowest BCUT2D eigenvalue weighted by Gasteiger charge is -2.21. The van der Waals surface area contributed by atoms with Crippen LogP contribution >= 0.6 is 15.9 Å². The molecule has 0 saturated carbocycles. The van der Waals surface area contributed by atoms with Crippen molar-refractivity contribution in [2.75, 3.05) is 6.54 Å². The molecule has 1 atom stereocenters. The van der Waals surface area contributed by atoms with Crippen molar-refractivity contribution in [2.45, 2.75) is 6.04 Å². The van der Waals surface area contributed by atoms with Crippen LogP contribution in [0.25, 0.3) is 0 Å². The second-order valence-corrected chi connectivity index (χ2v) is 5.73. The molecule has 2 aromatic rings. The molecule has 0 saturated heterocycles. The van der Waals surface area contributed by atoms with Gasteiger partial charge in [-0.1, -0.05) is 52.8 Å². The summed E-state index contributed by atoms with van der Waals surface area (Å²) in [5.74, 6) is -1.21. The van der Waals surface area contributed by atoms with E-state index in [4.69, 9.17) is 0 Å². The molecule has 1 unspecified atom stereocenters. The standard InChI is InChI=1S/C16H16BrNO3/c1-10(17)9-18-14(11-5-3-2-4-6-11)12-7-8-13(19)16(21)15(12)20/h2-8,14,18-21H,1,9H2. The Morgan fingerprint density at radius 1 is 1.05 bits per heavy atom. The van der Waals surface area contributed by atoms with Crippen molar-refractivity contribution in [3.05, 3.63) is 64.7 Å². The third kappa shape index (κ3) is 3.56. The zero-order valence-electron chi connectivity index (χ0n) is 11.3. The van der Waals surface area contributed by atoms with Crippen molar-refractivity contribution in [2.24, 2.45) is 0 Å². The van der Waals surface area contributed by atoms with E-state index < -0.39 is 5.75 Å². The Kier molecular flexibility index (Phi) is 4.88. The number of rotatable bonds is 5. The van der Waals surface area contributed by atoms with E-state index in [1.807, 2.05) is 30.3 Å². The van der Waals surface area contributed by atoms with Crippen LogP contribution in [-0.2, 0) is 0 Å². The quantitative estimate of drug-likeness (QED) is 0.624. The Hall–Kier alpha value is -1.98. The number of aromatic hydroxyl groups is 3. The molecule has 0 aliphatic rings. The smallest absolute Gasteiger partial charge is 0.200 e. The van der Waals surface area contributed by atoms with Crippen LogP contribution in [0.3, 0.4) is 0 Å². The highest BCUT2D eigenvalue weighted by atomic mass is 79.9. The fourth-order valence-corrected chi connectivity index (χ4v) is 2.25. The van der Waals surface area contributed by atoms with Gasteiger partial charge in [-0.3, -0.25) is 0 Å². The average Bonchev–Trinajstić information content (AvgIpc) is 2.48. The molecule has 5 heteroatoms. The molecule has 4 N–H and O–H groups in total. The van der Waals surface area contributed by atoms with Crippen molar-refractivity contribution in [1.82, 2.24) is 5.32 Å². The molecule has 4 nitrogen and oxygen atoms in total. The maximum atomic E-state index is 10.1. The van der Waals surface area contributed by atoms with Gasteiger partial charge in [-0.25, -0.2) is 0 Å². The number of phenolic OH excluding ortho intramolecular Hbond substituents is 3. The van der Waals surface area contributed by atoms with Crippen LogP contribution in [0, 0.1) is 0 Å². The summed E-state index contributed by atoms with van der Waals surface area (Å²) < 4.78 is 0.769. The molecule has 110 valence electrons. The first kappa shape index (κ1) is 15.4. The van der Waals surface area contributed by atoms with Gasteiger partial charge < -0.3 is 20.6 Å². The topological polar surface area (TPSA) is 72.7 Å². The Balaban J connectivity index is 2.45. The van der Waals surface area contributed by atoms with E-state index in [0.29, 0.717) is 12.1 Å². The van der Waals surface area contributed by atoms with Crippen LogP contribution in [0.1, 0.15) is 17.2 Å². The number of phenols is 3. The molecule has 0 fully saturated rings.